The minimum Gasteiger partial charge on any atom is -0.356 e. The fourth-order valence-corrected chi connectivity index (χ4v) is 3.65. The summed E-state index contributed by atoms with van der Waals surface area (Å²) in [6, 6.07) is 18.2. The number of nitrogens with one attached hydrogen (secondary N) is 1. The lowest BCUT2D eigenvalue weighted by Crippen LogP contribution is -2.33. The van der Waals surface area contributed by atoms with Crippen molar-refractivity contribution in [1.29, 1.82) is 0 Å². The van der Waals surface area contributed by atoms with Gasteiger partial charge in [0.2, 0.25) is 0 Å². The molecular weight excluding hydrogens is 322 g/mol. The van der Waals surface area contributed by atoms with Crippen LogP contribution in [0.25, 0.3) is 10.8 Å². The summed E-state index contributed by atoms with van der Waals surface area (Å²) < 4.78 is 0. The number of aromatic nitrogens is 1. The average Bonchev–Trinajstić information content (AvgIpc) is 2.72. The first kappa shape index (κ1) is 16.6. The van der Waals surface area contributed by atoms with Crippen LogP contribution in [0.4, 0.5) is 5.82 Å². The number of hydrogen-bond acceptors (Lipinski definition) is 3. The summed E-state index contributed by atoms with van der Waals surface area (Å²) in [5.41, 5.74) is 1.79. The first-order valence-electron chi connectivity index (χ1n) is 9.28. The van der Waals surface area contributed by atoms with Gasteiger partial charge in [0.1, 0.15) is 5.82 Å². The van der Waals surface area contributed by atoms with E-state index in [2.05, 4.69) is 39.5 Å². The molecular formula is C22H23N3O. The van der Waals surface area contributed by atoms with E-state index in [1.807, 2.05) is 30.3 Å². The van der Waals surface area contributed by atoms with Gasteiger partial charge in [0.25, 0.3) is 5.91 Å². The summed E-state index contributed by atoms with van der Waals surface area (Å²) in [5.74, 6) is 0.745. The Morgan fingerprint density at radius 3 is 2.65 bits per heavy atom. The van der Waals surface area contributed by atoms with E-state index in [1.54, 1.807) is 6.20 Å². The van der Waals surface area contributed by atoms with Crippen LogP contribution in [0.2, 0.25) is 0 Å². The maximum absolute atomic E-state index is 12.8. The van der Waals surface area contributed by atoms with Gasteiger partial charge in [-0.3, -0.25) is 4.79 Å². The summed E-state index contributed by atoms with van der Waals surface area (Å²) in [7, 11) is 0. The average molecular weight is 345 g/mol. The fraction of sp³-hybridized carbons (Fsp3) is 0.273. The van der Waals surface area contributed by atoms with E-state index in [0.717, 1.165) is 37.3 Å². The van der Waals surface area contributed by atoms with Gasteiger partial charge in [-0.1, -0.05) is 42.5 Å². The van der Waals surface area contributed by atoms with E-state index in [4.69, 9.17) is 0 Å². The second-order valence-corrected chi connectivity index (χ2v) is 6.74. The van der Waals surface area contributed by atoms with Gasteiger partial charge in [-0.2, -0.15) is 0 Å². The van der Waals surface area contributed by atoms with Crippen molar-refractivity contribution < 1.29 is 4.79 Å². The molecule has 1 saturated heterocycles. The lowest BCUT2D eigenvalue weighted by Gasteiger charge is -2.29. The highest BCUT2D eigenvalue weighted by Gasteiger charge is 2.19. The van der Waals surface area contributed by atoms with E-state index >= 15 is 0 Å². The number of piperidine rings is 1. The number of carbonyl (C=O) groups is 1. The molecule has 1 N–H and O–H groups in total. The molecule has 0 saturated carbocycles. The SMILES string of the molecule is O=C(NCc1cccc2ccccc12)c1cccnc1N1CCCCC1. The third-order valence-corrected chi connectivity index (χ3v) is 5.01. The Morgan fingerprint density at radius 1 is 0.962 bits per heavy atom. The third-order valence-electron chi connectivity index (χ3n) is 5.01. The minimum absolute atomic E-state index is 0.0633. The van der Waals surface area contributed by atoms with E-state index < -0.39 is 0 Å². The van der Waals surface area contributed by atoms with Gasteiger partial charge in [-0.25, -0.2) is 4.98 Å². The molecule has 0 spiro atoms. The van der Waals surface area contributed by atoms with Crippen LogP contribution in [0.1, 0.15) is 35.2 Å². The number of amides is 1. The van der Waals surface area contributed by atoms with Crippen LogP contribution in [-0.2, 0) is 6.54 Å². The molecule has 4 rings (SSSR count). The highest BCUT2D eigenvalue weighted by atomic mass is 16.1. The van der Waals surface area contributed by atoms with Gasteiger partial charge in [0.15, 0.2) is 0 Å². The number of carbonyl (C=O) groups excluding carboxylic acids is 1. The molecule has 0 atom stereocenters. The van der Waals surface area contributed by atoms with Crippen LogP contribution < -0.4 is 10.2 Å². The molecule has 2 heterocycles. The number of hydrogen-bond donors (Lipinski definition) is 1. The summed E-state index contributed by atoms with van der Waals surface area (Å²) in [5, 5.41) is 5.45. The molecule has 1 amide bonds. The Hall–Kier alpha value is -2.88. The molecule has 2 aromatic carbocycles. The quantitative estimate of drug-likeness (QED) is 0.772. The fourth-order valence-electron chi connectivity index (χ4n) is 3.65. The first-order chi connectivity index (χ1) is 12.8. The topological polar surface area (TPSA) is 45.2 Å². The summed E-state index contributed by atoms with van der Waals surface area (Å²) in [4.78, 5) is 19.6. The van der Waals surface area contributed by atoms with Crippen LogP contribution in [0.3, 0.4) is 0 Å². The normalized spacial score (nSPS) is 14.4. The van der Waals surface area contributed by atoms with E-state index in [-0.39, 0.29) is 5.91 Å². The highest BCUT2D eigenvalue weighted by Crippen LogP contribution is 2.22. The summed E-state index contributed by atoms with van der Waals surface area (Å²) in [6.45, 7) is 2.45. The lowest BCUT2D eigenvalue weighted by molar-refractivity contribution is 0.0951. The van der Waals surface area contributed by atoms with Crippen molar-refractivity contribution in [3.63, 3.8) is 0 Å². The van der Waals surface area contributed by atoms with Gasteiger partial charge in [0.05, 0.1) is 5.56 Å². The molecule has 1 fully saturated rings. The second kappa shape index (κ2) is 7.56. The molecule has 4 heteroatoms. The Kier molecular flexibility index (Phi) is 4.82. The molecule has 0 bridgehead atoms. The molecule has 0 unspecified atom stereocenters. The van der Waals surface area contributed by atoms with Gasteiger partial charge >= 0.3 is 0 Å². The Morgan fingerprint density at radius 2 is 1.77 bits per heavy atom. The number of pyridine rings is 1. The van der Waals surface area contributed by atoms with E-state index in [9.17, 15) is 4.79 Å². The number of nitrogens with zero attached hydrogens (tertiary/aromatic N) is 2. The monoisotopic (exact) mass is 345 g/mol. The van der Waals surface area contributed by atoms with Crippen molar-refractivity contribution in [3.05, 3.63) is 71.9 Å². The molecule has 26 heavy (non-hydrogen) atoms. The zero-order valence-corrected chi connectivity index (χ0v) is 14.8. The summed E-state index contributed by atoms with van der Waals surface area (Å²) >= 11 is 0. The molecule has 4 nitrogen and oxygen atoms in total. The van der Waals surface area contributed by atoms with Crippen molar-refractivity contribution >= 4 is 22.5 Å². The predicted molar refractivity (Wildman–Crippen MR) is 105 cm³/mol. The van der Waals surface area contributed by atoms with Crippen LogP contribution in [0.5, 0.6) is 0 Å². The number of anilines is 1. The van der Waals surface area contributed by atoms with Gasteiger partial charge < -0.3 is 10.2 Å². The molecule has 0 aliphatic carbocycles. The van der Waals surface area contributed by atoms with E-state index in [0.29, 0.717) is 12.1 Å². The number of fused-ring (bicyclic) bond motifs is 1. The maximum Gasteiger partial charge on any atom is 0.255 e. The van der Waals surface area contributed by atoms with Gasteiger partial charge in [-0.15, -0.1) is 0 Å². The molecule has 0 radical (unpaired) electrons. The van der Waals surface area contributed by atoms with Crippen LogP contribution >= 0.6 is 0 Å². The number of benzene rings is 2. The molecule has 1 aliphatic heterocycles. The Labute approximate surface area is 153 Å². The first-order valence-corrected chi connectivity index (χ1v) is 9.28. The smallest absolute Gasteiger partial charge is 0.255 e. The van der Waals surface area contributed by atoms with Crippen LogP contribution in [0, 0.1) is 0 Å². The highest BCUT2D eigenvalue weighted by molar-refractivity contribution is 5.99. The van der Waals surface area contributed by atoms with Crippen molar-refractivity contribution in [2.45, 2.75) is 25.8 Å². The van der Waals surface area contributed by atoms with Crippen molar-refractivity contribution in [1.82, 2.24) is 10.3 Å². The predicted octanol–water partition coefficient (Wildman–Crippen LogP) is 4.16. The lowest BCUT2D eigenvalue weighted by atomic mass is 10.0. The van der Waals surface area contributed by atoms with Gasteiger partial charge in [-0.05, 0) is 47.7 Å². The van der Waals surface area contributed by atoms with Crippen LogP contribution in [-0.4, -0.2) is 24.0 Å². The maximum atomic E-state index is 12.8. The largest absolute Gasteiger partial charge is 0.356 e. The Bertz CT molecular complexity index is 911. The van der Waals surface area contributed by atoms with Gasteiger partial charge in [0, 0.05) is 25.8 Å². The van der Waals surface area contributed by atoms with E-state index in [1.165, 1.54) is 17.2 Å². The van der Waals surface area contributed by atoms with Crippen LogP contribution in [0.15, 0.2) is 60.8 Å². The van der Waals surface area contributed by atoms with Crippen molar-refractivity contribution in [2.75, 3.05) is 18.0 Å². The number of rotatable bonds is 4. The molecule has 1 aliphatic rings. The second-order valence-electron chi connectivity index (χ2n) is 6.74. The van der Waals surface area contributed by atoms with Crippen molar-refractivity contribution in [3.8, 4) is 0 Å². The zero-order chi connectivity index (χ0) is 17.8. The minimum atomic E-state index is -0.0633. The van der Waals surface area contributed by atoms with Crippen molar-refractivity contribution in [2.24, 2.45) is 0 Å². The Balaban J connectivity index is 1.53. The standard InChI is InChI=1S/C22H23N3O/c26-22(20-12-7-13-23-21(20)25-14-4-1-5-15-25)24-16-18-10-6-9-17-8-2-3-11-19(17)18/h2-3,6-13H,1,4-5,14-16H2,(H,24,26). The molecule has 1 aromatic heterocycles. The third kappa shape index (κ3) is 3.40. The molecule has 132 valence electrons. The molecule has 3 aromatic rings. The zero-order valence-electron chi connectivity index (χ0n) is 14.8. The summed E-state index contributed by atoms with van der Waals surface area (Å²) in [6.07, 6.45) is 5.35.